The van der Waals surface area contributed by atoms with Gasteiger partial charge in [-0.25, -0.2) is 13.8 Å². The van der Waals surface area contributed by atoms with E-state index in [0.717, 1.165) is 38.3 Å². The molecule has 0 atom stereocenters. The zero-order chi connectivity index (χ0) is 17.1. The normalized spacial score (nSPS) is 16.9. The predicted octanol–water partition coefficient (Wildman–Crippen LogP) is 2.72. The van der Waals surface area contributed by atoms with E-state index in [9.17, 15) is 8.78 Å². The van der Waals surface area contributed by atoms with E-state index in [1.54, 1.807) is 25.5 Å². The lowest BCUT2D eigenvalue weighted by atomic mass is 10.2. The Balaban J connectivity index is 1.53. The van der Waals surface area contributed by atoms with Crippen molar-refractivity contribution >= 4 is 11.6 Å². The van der Waals surface area contributed by atoms with Gasteiger partial charge in [-0.15, -0.1) is 0 Å². The smallest absolute Gasteiger partial charge is 0.282 e. The molecule has 1 saturated heterocycles. The van der Waals surface area contributed by atoms with Crippen molar-refractivity contribution in [3.63, 3.8) is 0 Å². The molecule has 0 saturated carbocycles. The number of alkyl halides is 2. The van der Waals surface area contributed by atoms with Crippen molar-refractivity contribution < 1.29 is 8.78 Å². The Labute approximate surface area is 144 Å². The molecule has 3 rings (SSSR count). The van der Waals surface area contributed by atoms with Crippen molar-refractivity contribution in [3.8, 4) is 0 Å². The van der Waals surface area contributed by atoms with Crippen molar-refractivity contribution in [3.05, 3.63) is 46.5 Å². The first-order valence-corrected chi connectivity index (χ1v) is 8.25. The highest BCUT2D eigenvalue weighted by Gasteiger charge is 2.22. The van der Waals surface area contributed by atoms with Gasteiger partial charge in [0.1, 0.15) is 10.8 Å². The minimum Gasteiger partial charge on any atom is -0.296 e. The Bertz CT molecular complexity index is 666. The summed E-state index contributed by atoms with van der Waals surface area (Å²) in [7, 11) is 1.67. The van der Waals surface area contributed by atoms with Crippen LogP contribution in [0.2, 0.25) is 5.15 Å². The molecule has 0 spiro atoms. The zero-order valence-electron chi connectivity index (χ0n) is 13.5. The number of halogens is 3. The maximum Gasteiger partial charge on any atom is 0.282 e. The number of hydrogen-bond acceptors (Lipinski definition) is 4. The Morgan fingerprint density at radius 2 is 1.79 bits per heavy atom. The van der Waals surface area contributed by atoms with E-state index in [4.69, 9.17) is 11.6 Å². The van der Waals surface area contributed by atoms with E-state index >= 15 is 0 Å². The number of aromatic nitrogens is 3. The average Bonchev–Trinajstić information content (AvgIpc) is 2.92. The Morgan fingerprint density at radius 3 is 2.38 bits per heavy atom. The SMILES string of the molecule is Cn1cc(CN2CCN(Cc3ccc(Cl)nc3)CC2)c(C(F)F)n1. The van der Waals surface area contributed by atoms with Gasteiger partial charge < -0.3 is 0 Å². The van der Waals surface area contributed by atoms with Gasteiger partial charge in [-0.05, 0) is 11.6 Å². The fourth-order valence-corrected chi connectivity index (χ4v) is 3.08. The minimum atomic E-state index is -2.53. The summed E-state index contributed by atoms with van der Waals surface area (Å²) in [5.41, 5.74) is 1.63. The number of aryl methyl sites for hydroxylation is 1. The molecule has 1 aliphatic rings. The molecule has 3 heterocycles. The van der Waals surface area contributed by atoms with Crippen LogP contribution in [0.3, 0.4) is 0 Å². The molecule has 2 aromatic rings. The molecule has 0 aliphatic carbocycles. The highest BCUT2D eigenvalue weighted by molar-refractivity contribution is 6.29. The maximum absolute atomic E-state index is 13.0. The molecular weight excluding hydrogens is 336 g/mol. The molecule has 0 bridgehead atoms. The molecule has 5 nitrogen and oxygen atoms in total. The molecule has 0 radical (unpaired) electrons. The van der Waals surface area contributed by atoms with E-state index in [1.165, 1.54) is 4.68 Å². The molecule has 0 unspecified atom stereocenters. The molecule has 130 valence electrons. The van der Waals surface area contributed by atoms with Gasteiger partial charge in [-0.1, -0.05) is 17.7 Å². The first kappa shape index (κ1) is 17.3. The molecule has 0 amide bonds. The van der Waals surface area contributed by atoms with Gasteiger partial charge in [0, 0.05) is 64.3 Å². The summed E-state index contributed by atoms with van der Waals surface area (Å²) in [6.07, 6.45) is 0.951. The van der Waals surface area contributed by atoms with Gasteiger partial charge in [0.05, 0.1) is 0 Å². The van der Waals surface area contributed by atoms with E-state index in [2.05, 4.69) is 19.9 Å². The lowest BCUT2D eigenvalue weighted by Gasteiger charge is -2.34. The standard InChI is InChI=1S/C16H20ClF2N5/c1-22-10-13(15(21-22)16(18)19)11-24-6-4-23(5-7-24)9-12-2-3-14(17)20-8-12/h2-3,8,10,16H,4-7,9,11H2,1H3. The summed E-state index contributed by atoms with van der Waals surface area (Å²) >= 11 is 5.80. The largest absolute Gasteiger partial charge is 0.296 e. The van der Waals surface area contributed by atoms with Crippen molar-refractivity contribution in [1.29, 1.82) is 0 Å². The lowest BCUT2D eigenvalue weighted by Crippen LogP contribution is -2.45. The van der Waals surface area contributed by atoms with Crippen LogP contribution in [0.1, 0.15) is 23.2 Å². The fraction of sp³-hybridized carbons (Fsp3) is 0.500. The third kappa shape index (κ3) is 4.28. The molecule has 0 N–H and O–H groups in total. The molecule has 2 aromatic heterocycles. The lowest BCUT2D eigenvalue weighted by molar-refractivity contribution is 0.117. The second-order valence-corrected chi connectivity index (χ2v) is 6.44. The van der Waals surface area contributed by atoms with Gasteiger partial charge in [0.2, 0.25) is 0 Å². The first-order valence-electron chi connectivity index (χ1n) is 7.87. The summed E-state index contributed by atoms with van der Waals surface area (Å²) in [4.78, 5) is 8.62. The van der Waals surface area contributed by atoms with Crippen molar-refractivity contribution in [2.45, 2.75) is 19.5 Å². The van der Waals surface area contributed by atoms with Crippen molar-refractivity contribution in [2.75, 3.05) is 26.2 Å². The molecular formula is C16H20ClF2N5. The van der Waals surface area contributed by atoms with Crippen LogP contribution in [0.5, 0.6) is 0 Å². The van der Waals surface area contributed by atoms with Crippen molar-refractivity contribution in [2.24, 2.45) is 7.05 Å². The first-order chi connectivity index (χ1) is 11.5. The van der Waals surface area contributed by atoms with Gasteiger partial charge >= 0.3 is 0 Å². The van der Waals surface area contributed by atoms with E-state index in [1.807, 2.05) is 6.07 Å². The Morgan fingerprint density at radius 1 is 1.12 bits per heavy atom. The Hall–Kier alpha value is -1.57. The molecule has 0 aromatic carbocycles. The highest BCUT2D eigenvalue weighted by Crippen LogP contribution is 2.22. The summed E-state index contributed by atoms with van der Waals surface area (Å²) in [5, 5.41) is 4.36. The van der Waals surface area contributed by atoms with E-state index in [0.29, 0.717) is 17.3 Å². The van der Waals surface area contributed by atoms with E-state index < -0.39 is 6.43 Å². The molecule has 24 heavy (non-hydrogen) atoms. The van der Waals surface area contributed by atoms with Gasteiger partial charge in [0.15, 0.2) is 0 Å². The number of rotatable bonds is 5. The van der Waals surface area contributed by atoms with Crippen LogP contribution in [0, 0.1) is 0 Å². The zero-order valence-corrected chi connectivity index (χ0v) is 14.3. The van der Waals surface area contributed by atoms with Crippen LogP contribution in [-0.4, -0.2) is 50.7 Å². The van der Waals surface area contributed by atoms with E-state index in [-0.39, 0.29) is 5.69 Å². The van der Waals surface area contributed by atoms with Crippen molar-refractivity contribution in [1.82, 2.24) is 24.6 Å². The average molecular weight is 356 g/mol. The van der Waals surface area contributed by atoms with Gasteiger partial charge in [-0.3, -0.25) is 14.5 Å². The molecule has 1 aliphatic heterocycles. The highest BCUT2D eigenvalue weighted by atomic mass is 35.5. The second-order valence-electron chi connectivity index (χ2n) is 6.06. The summed E-state index contributed by atoms with van der Waals surface area (Å²) in [6, 6.07) is 3.77. The molecule has 1 fully saturated rings. The quantitative estimate of drug-likeness (QED) is 0.773. The van der Waals surface area contributed by atoms with Crippen LogP contribution in [0.15, 0.2) is 24.5 Å². The second kappa shape index (κ2) is 7.55. The summed E-state index contributed by atoms with van der Waals surface area (Å²) in [6.45, 7) is 4.83. The number of nitrogens with zero attached hydrogens (tertiary/aromatic N) is 5. The predicted molar refractivity (Wildman–Crippen MR) is 88.0 cm³/mol. The van der Waals surface area contributed by atoms with Crippen LogP contribution >= 0.6 is 11.6 Å². The topological polar surface area (TPSA) is 37.2 Å². The van der Waals surface area contributed by atoms with Gasteiger partial charge in [-0.2, -0.15) is 5.10 Å². The third-order valence-corrected chi connectivity index (χ3v) is 4.42. The number of piperazine rings is 1. The third-order valence-electron chi connectivity index (χ3n) is 4.20. The van der Waals surface area contributed by atoms with Crippen LogP contribution in [0.4, 0.5) is 8.78 Å². The summed E-state index contributed by atoms with van der Waals surface area (Å²) < 4.78 is 27.5. The number of pyridine rings is 1. The molecule has 8 heteroatoms. The van der Waals surface area contributed by atoms with Crippen LogP contribution < -0.4 is 0 Å². The minimum absolute atomic E-state index is 0.104. The van der Waals surface area contributed by atoms with Crippen LogP contribution in [0.25, 0.3) is 0 Å². The maximum atomic E-state index is 13.0. The summed E-state index contributed by atoms with van der Waals surface area (Å²) in [5.74, 6) is 0. The van der Waals surface area contributed by atoms with Crippen LogP contribution in [-0.2, 0) is 20.1 Å². The van der Waals surface area contributed by atoms with Gasteiger partial charge in [0.25, 0.3) is 6.43 Å². The monoisotopic (exact) mass is 355 g/mol. The Kier molecular flexibility index (Phi) is 5.43. The number of hydrogen-bond donors (Lipinski definition) is 0. The fourth-order valence-electron chi connectivity index (χ4n) is 2.96.